The zero-order valence-electron chi connectivity index (χ0n) is 16.2. The molecule has 0 saturated heterocycles. The molecule has 2 aliphatic rings. The first kappa shape index (κ1) is 18.0. The van der Waals surface area contributed by atoms with Gasteiger partial charge in [-0.25, -0.2) is 4.90 Å². The molecule has 0 bridgehead atoms. The molecule has 0 saturated carbocycles. The number of hydrogen-bond acceptors (Lipinski definition) is 5. The maximum atomic E-state index is 13.4. The third-order valence-corrected chi connectivity index (χ3v) is 5.14. The van der Waals surface area contributed by atoms with Crippen LogP contribution >= 0.6 is 0 Å². The van der Waals surface area contributed by atoms with Gasteiger partial charge in [0, 0.05) is 11.8 Å². The van der Waals surface area contributed by atoms with E-state index < -0.39 is 5.91 Å². The number of amides is 2. The fraction of sp³-hybridized carbons (Fsp3) is 0.0833. The normalized spacial score (nSPS) is 15.2. The summed E-state index contributed by atoms with van der Waals surface area (Å²) >= 11 is 0. The molecule has 6 heteroatoms. The molecule has 0 aromatic heterocycles. The Kier molecular flexibility index (Phi) is 4.25. The summed E-state index contributed by atoms with van der Waals surface area (Å²) in [7, 11) is 0. The van der Waals surface area contributed by atoms with Gasteiger partial charge in [-0.2, -0.15) is 0 Å². The highest BCUT2D eigenvalue weighted by molar-refractivity contribution is 6.46. The minimum Gasteiger partial charge on any atom is -0.454 e. The third kappa shape index (κ3) is 2.90. The Labute approximate surface area is 173 Å². The minimum absolute atomic E-state index is 0.162. The predicted molar refractivity (Wildman–Crippen MR) is 113 cm³/mol. The molecule has 1 N–H and O–H groups in total. The highest BCUT2D eigenvalue weighted by Crippen LogP contribution is 2.38. The van der Waals surface area contributed by atoms with Crippen LogP contribution in [-0.4, -0.2) is 18.6 Å². The number of nitrogens with zero attached hydrogens (tertiary/aromatic N) is 1. The molecule has 0 aliphatic carbocycles. The first-order valence-electron chi connectivity index (χ1n) is 9.54. The van der Waals surface area contributed by atoms with Crippen molar-refractivity contribution in [1.29, 1.82) is 0 Å². The van der Waals surface area contributed by atoms with Crippen molar-refractivity contribution in [3.63, 3.8) is 0 Å². The molecule has 0 unspecified atom stereocenters. The quantitative estimate of drug-likeness (QED) is 0.670. The fourth-order valence-electron chi connectivity index (χ4n) is 3.67. The number of anilines is 2. The van der Waals surface area contributed by atoms with Gasteiger partial charge >= 0.3 is 0 Å². The number of aryl methyl sites for hydroxylation is 1. The van der Waals surface area contributed by atoms with Crippen LogP contribution in [-0.2, 0) is 9.59 Å². The Morgan fingerprint density at radius 3 is 2.37 bits per heavy atom. The number of hydrogen-bond donors (Lipinski definition) is 1. The summed E-state index contributed by atoms with van der Waals surface area (Å²) in [5.41, 5.74) is 3.29. The van der Waals surface area contributed by atoms with Crippen LogP contribution in [0.4, 0.5) is 11.4 Å². The molecular formula is C24H18N2O4. The number of rotatable bonds is 4. The monoisotopic (exact) mass is 398 g/mol. The van der Waals surface area contributed by atoms with Crippen molar-refractivity contribution in [1.82, 2.24) is 0 Å². The van der Waals surface area contributed by atoms with Crippen LogP contribution < -0.4 is 19.7 Å². The number of ether oxygens (including phenoxy) is 2. The Bertz CT molecular complexity index is 1200. The number of carbonyl (C=O) groups is 2. The van der Waals surface area contributed by atoms with Gasteiger partial charge in [0.2, 0.25) is 6.79 Å². The van der Waals surface area contributed by atoms with Crippen molar-refractivity contribution < 1.29 is 19.1 Å². The molecule has 0 atom stereocenters. The van der Waals surface area contributed by atoms with Crippen molar-refractivity contribution >= 4 is 28.8 Å². The summed E-state index contributed by atoms with van der Waals surface area (Å²) < 4.78 is 10.8. The van der Waals surface area contributed by atoms with Gasteiger partial charge in [-0.15, -0.1) is 0 Å². The van der Waals surface area contributed by atoms with Crippen LogP contribution in [0, 0.1) is 6.92 Å². The number of nitrogens with one attached hydrogen (secondary N) is 1. The maximum Gasteiger partial charge on any atom is 0.282 e. The predicted octanol–water partition coefficient (Wildman–Crippen LogP) is 4.12. The highest BCUT2D eigenvalue weighted by atomic mass is 16.7. The van der Waals surface area contributed by atoms with E-state index in [1.165, 1.54) is 4.90 Å². The second-order valence-electron chi connectivity index (χ2n) is 7.04. The van der Waals surface area contributed by atoms with Crippen LogP contribution in [0.2, 0.25) is 0 Å². The zero-order valence-corrected chi connectivity index (χ0v) is 16.2. The van der Waals surface area contributed by atoms with E-state index in [9.17, 15) is 9.59 Å². The Hall–Kier alpha value is -4.06. The number of carbonyl (C=O) groups excluding carboxylic acids is 2. The second-order valence-corrected chi connectivity index (χ2v) is 7.04. The number of imide groups is 1. The van der Waals surface area contributed by atoms with Crippen molar-refractivity contribution in [3.8, 4) is 11.5 Å². The van der Waals surface area contributed by atoms with Gasteiger partial charge in [0.15, 0.2) is 11.5 Å². The molecule has 2 heterocycles. The summed E-state index contributed by atoms with van der Waals surface area (Å²) in [5.74, 6) is 0.483. The summed E-state index contributed by atoms with van der Waals surface area (Å²) in [5, 5.41) is 3.15. The Morgan fingerprint density at radius 1 is 0.833 bits per heavy atom. The molecule has 0 spiro atoms. The lowest BCUT2D eigenvalue weighted by molar-refractivity contribution is -0.120. The number of fused-ring (bicyclic) bond motifs is 1. The van der Waals surface area contributed by atoms with Crippen LogP contribution in [0.25, 0.3) is 5.57 Å². The van der Waals surface area contributed by atoms with E-state index in [1.54, 1.807) is 24.3 Å². The van der Waals surface area contributed by atoms with Crippen molar-refractivity contribution in [2.24, 2.45) is 0 Å². The van der Waals surface area contributed by atoms with Gasteiger partial charge in [0.25, 0.3) is 11.8 Å². The number of para-hydroxylation sites is 1. The van der Waals surface area contributed by atoms with Crippen molar-refractivity contribution in [3.05, 3.63) is 89.6 Å². The topological polar surface area (TPSA) is 67.9 Å². The van der Waals surface area contributed by atoms with E-state index in [-0.39, 0.29) is 18.4 Å². The van der Waals surface area contributed by atoms with E-state index in [2.05, 4.69) is 5.32 Å². The molecule has 3 aromatic carbocycles. The van der Waals surface area contributed by atoms with E-state index in [4.69, 9.17) is 9.47 Å². The number of benzene rings is 3. The van der Waals surface area contributed by atoms with Crippen molar-refractivity contribution in [2.75, 3.05) is 17.0 Å². The zero-order chi connectivity index (χ0) is 20.7. The van der Waals surface area contributed by atoms with Crippen LogP contribution in [0.5, 0.6) is 11.5 Å². The lowest BCUT2D eigenvalue weighted by Crippen LogP contribution is -2.33. The Morgan fingerprint density at radius 2 is 1.57 bits per heavy atom. The third-order valence-electron chi connectivity index (χ3n) is 5.14. The molecular weight excluding hydrogens is 380 g/mol. The van der Waals surface area contributed by atoms with Crippen LogP contribution in [0.3, 0.4) is 0 Å². The smallest absolute Gasteiger partial charge is 0.282 e. The average molecular weight is 398 g/mol. The molecule has 6 nitrogen and oxygen atoms in total. The summed E-state index contributed by atoms with van der Waals surface area (Å²) in [4.78, 5) is 28.1. The van der Waals surface area contributed by atoms with Crippen LogP contribution in [0.1, 0.15) is 11.1 Å². The van der Waals surface area contributed by atoms with Gasteiger partial charge in [-0.3, -0.25) is 9.59 Å². The summed E-state index contributed by atoms with van der Waals surface area (Å²) in [6.45, 7) is 2.04. The molecule has 2 aliphatic heterocycles. The molecule has 30 heavy (non-hydrogen) atoms. The maximum absolute atomic E-state index is 13.4. The van der Waals surface area contributed by atoms with Crippen molar-refractivity contribution in [2.45, 2.75) is 6.92 Å². The molecule has 0 fully saturated rings. The molecule has 5 rings (SSSR count). The van der Waals surface area contributed by atoms with Gasteiger partial charge in [0.1, 0.15) is 5.70 Å². The lowest BCUT2D eigenvalue weighted by Gasteiger charge is -2.17. The first-order chi connectivity index (χ1) is 14.6. The molecule has 2 amide bonds. The average Bonchev–Trinajstić information content (AvgIpc) is 3.32. The highest BCUT2D eigenvalue weighted by Gasteiger charge is 2.40. The van der Waals surface area contributed by atoms with Gasteiger partial charge < -0.3 is 14.8 Å². The van der Waals surface area contributed by atoms with Crippen LogP contribution in [0.15, 0.2) is 78.5 Å². The van der Waals surface area contributed by atoms with E-state index in [1.807, 2.05) is 55.5 Å². The molecule has 3 aromatic rings. The van der Waals surface area contributed by atoms with Gasteiger partial charge in [-0.1, -0.05) is 48.5 Å². The van der Waals surface area contributed by atoms with E-state index >= 15 is 0 Å². The SMILES string of the molecule is Cc1ccccc1N1C(=O)C(Nc2ccc3c(c2)OCO3)=C(c2ccccc2)C1=O. The summed E-state index contributed by atoms with van der Waals surface area (Å²) in [6, 6.07) is 21.9. The largest absolute Gasteiger partial charge is 0.454 e. The van der Waals surface area contributed by atoms with Gasteiger partial charge in [0.05, 0.1) is 11.3 Å². The van der Waals surface area contributed by atoms with Gasteiger partial charge in [-0.05, 0) is 36.2 Å². The molecule has 148 valence electrons. The van der Waals surface area contributed by atoms with E-state index in [0.717, 1.165) is 5.56 Å². The fourth-order valence-corrected chi connectivity index (χ4v) is 3.67. The lowest BCUT2D eigenvalue weighted by atomic mass is 10.0. The standard InChI is InChI=1S/C24H18N2O4/c1-15-7-5-6-10-18(15)26-23(27)21(16-8-3-2-4-9-16)22(24(26)28)25-17-11-12-19-20(13-17)30-14-29-19/h2-13,25H,14H2,1H3. The first-order valence-corrected chi connectivity index (χ1v) is 9.54. The second kappa shape index (κ2) is 7.08. The summed E-state index contributed by atoms with van der Waals surface area (Å²) in [6.07, 6.45) is 0. The Balaban J connectivity index is 1.60. The minimum atomic E-state index is -0.397. The molecule has 0 radical (unpaired) electrons. The van der Waals surface area contributed by atoms with E-state index in [0.29, 0.717) is 34.0 Å².